The summed E-state index contributed by atoms with van der Waals surface area (Å²) in [5.74, 6) is 0.585. The van der Waals surface area contributed by atoms with E-state index in [4.69, 9.17) is 4.74 Å². The van der Waals surface area contributed by atoms with Crippen molar-refractivity contribution in [3.05, 3.63) is 58.1 Å². The molecule has 1 amide bonds. The van der Waals surface area contributed by atoms with Gasteiger partial charge >= 0.3 is 0 Å². The summed E-state index contributed by atoms with van der Waals surface area (Å²) in [7, 11) is -1.99. The fourth-order valence-corrected chi connectivity index (χ4v) is 4.73. The molecule has 0 saturated carbocycles. The molecule has 6 nitrogen and oxygen atoms in total. The van der Waals surface area contributed by atoms with Gasteiger partial charge in [0.1, 0.15) is 5.75 Å². The number of hydrogen-bond acceptors (Lipinski definition) is 4. The summed E-state index contributed by atoms with van der Waals surface area (Å²) in [5.41, 5.74) is 1.43. The number of carbonyl (C=O) groups is 1. The average molecular weight is 453 g/mol. The first kappa shape index (κ1) is 19.9. The number of carbonyl (C=O) groups excluding carboxylic acids is 1. The summed E-state index contributed by atoms with van der Waals surface area (Å²) in [4.78, 5) is 14.6. The molecule has 1 heterocycles. The molecular weight excluding hydrogens is 432 g/mol. The predicted octanol–water partition coefficient (Wildman–Crippen LogP) is 2.91. The van der Waals surface area contributed by atoms with Crippen LogP contribution in [-0.4, -0.2) is 56.8 Å². The normalized spacial score (nSPS) is 15.6. The lowest BCUT2D eigenvalue weighted by molar-refractivity contribution is 0.0698. The summed E-state index contributed by atoms with van der Waals surface area (Å²) >= 11 is 3.39. The van der Waals surface area contributed by atoms with Gasteiger partial charge in [-0.15, -0.1) is 0 Å². The molecule has 144 valence electrons. The van der Waals surface area contributed by atoms with Crippen molar-refractivity contribution in [3.8, 4) is 5.75 Å². The van der Waals surface area contributed by atoms with Gasteiger partial charge < -0.3 is 9.64 Å². The highest BCUT2D eigenvalue weighted by Crippen LogP contribution is 2.24. The summed E-state index contributed by atoms with van der Waals surface area (Å²) in [6, 6.07) is 11.9. The van der Waals surface area contributed by atoms with E-state index in [9.17, 15) is 13.2 Å². The largest absolute Gasteiger partial charge is 0.497 e. The number of ether oxygens (including phenoxy) is 1. The SMILES string of the molecule is COc1ccc(C(=O)N2CCN(S(=O)(=O)c3ccc(Br)c(C)c3)CC2)cc1. The Kier molecular flexibility index (Phi) is 5.88. The minimum absolute atomic E-state index is 0.103. The van der Waals surface area contributed by atoms with E-state index >= 15 is 0 Å². The van der Waals surface area contributed by atoms with Gasteiger partial charge in [-0.05, 0) is 55.0 Å². The molecule has 1 fully saturated rings. The highest BCUT2D eigenvalue weighted by molar-refractivity contribution is 9.10. The van der Waals surface area contributed by atoms with Crippen molar-refractivity contribution in [1.29, 1.82) is 0 Å². The molecule has 0 atom stereocenters. The summed E-state index contributed by atoms with van der Waals surface area (Å²) in [6.07, 6.45) is 0. The van der Waals surface area contributed by atoms with Crippen LogP contribution in [0.4, 0.5) is 0 Å². The summed E-state index contributed by atoms with van der Waals surface area (Å²) in [5, 5.41) is 0. The Bertz CT molecular complexity index is 937. The number of hydrogen-bond donors (Lipinski definition) is 0. The molecule has 8 heteroatoms. The van der Waals surface area contributed by atoms with Crippen molar-refractivity contribution >= 4 is 31.9 Å². The minimum Gasteiger partial charge on any atom is -0.497 e. The van der Waals surface area contributed by atoms with E-state index in [1.54, 1.807) is 54.5 Å². The van der Waals surface area contributed by atoms with Crippen LogP contribution >= 0.6 is 15.9 Å². The van der Waals surface area contributed by atoms with Crippen LogP contribution in [0.3, 0.4) is 0 Å². The Morgan fingerprint density at radius 2 is 1.67 bits per heavy atom. The third kappa shape index (κ3) is 4.17. The van der Waals surface area contributed by atoms with Crippen LogP contribution in [0.25, 0.3) is 0 Å². The van der Waals surface area contributed by atoms with Gasteiger partial charge in [-0.3, -0.25) is 4.79 Å². The van der Waals surface area contributed by atoms with Gasteiger partial charge in [0.25, 0.3) is 5.91 Å². The second-order valence-corrected chi connectivity index (χ2v) is 9.13. The molecule has 0 radical (unpaired) electrons. The van der Waals surface area contributed by atoms with Crippen molar-refractivity contribution in [2.75, 3.05) is 33.3 Å². The Labute approximate surface area is 167 Å². The second-order valence-electron chi connectivity index (χ2n) is 6.34. The molecule has 0 N–H and O–H groups in total. The number of amides is 1. The van der Waals surface area contributed by atoms with Gasteiger partial charge in [0, 0.05) is 36.2 Å². The van der Waals surface area contributed by atoms with Gasteiger partial charge in [0.05, 0.1) is 12.0 Å². The number of piperazine rings is 1. The molecule has 0 aliphatic carbocycles. The molecule has 2 aromatic rings. The first-order valence-corrected chi connectivity index (χ1v) is 10.8. The van der Waals surface area contributed by atoms with E-state index in [2.05, 4.69) is 15.9 Å². The lowest BCUT2D eigenvalue weighted by Gasteiger charge is -2.34. The smallest absolute Gasteiger partial charge is 0.253 e. The van der Waals surface area contributed by atoms with Crippen LogP contribution in [0, 0.1) is 6.92 Å². The third-order valence-corrected chi connectivity index (χ3v) is 7.41. The Balaban J connectivity index is 1.68. The Morgan fingerprint density at radius 1 is 1.04 bits per heavy atom. The van der Waals surface area contributed by atoms with Gasteiger partial charge in [-0.25, -0.2) is 8.42 Å². The molecule has 1 aliphatic heterocycles. The fraction of sp³-hybridized carbons (Fsp3) is 0.316. The fourth-order valence-electron chi connectivity index (χ4n) is 2.97. The maximum absolute atomic E-state index is 12.9. The number of aryl methyl sites for hydroxylation is 1. The van der Waals surface area contributed by atoms with E-state index in [0.29, 0.717) is 24.4 Å². The maximum atomic E-state index is 12.9. The number of benzene rings is 2. The zero-order chi connectivity index (χ0) is 19.6. The third-order valence-electron chi connectivity index (χ3n) is 4.63. The van der Waals surface area contributed by atoms with Crippen LogP contribution in [-0.2, 0) is 10.0 Å². The average Bonchev–Trinajstić information content (AvgIpc) is 2.69. The summed E-state index contributed by atoms with van der Waals surface area (Å²) in [6.45, 7) is 3.13. The highest BCUT2D eigenvalue weighted by atomic mass is 79.9. The van der Waals surface area contributed by atoms with Crippen LogP contribution in [0.5, 0.6) is 5.75 Å². The number of sulfonamides is 1. The lowest BCUT2D eigenvalue weighted by atomic mass is 10.2. The van der Waals surface area contributed by atoms with Gasteiger partial charge in [-0.2, -0.15) is 4.31 Å². The van der Waals surface area contributed by atoms with Crippen LogP contribution in [0.2, 0.25) is 0 Å². The van der Waals surface area contributed by atoms with Crippen molar-refractivity contribution < 1.29 is 17.9 Å². The van der Waals surface area contributed by atoms with Crippen LogP contribution in [0.15, 0.2) is 51.8 Å². The van der Waals surface area contributed by atoms with E-state index in [0.717, 1.165) is 10.0 Å². The van der Waals surface area contributed by atoms with Crippen LogP contribution < -0.4 is 4.74 Å². The van der Waals surface area contributed by atoms with Crippen LogP contribution in [0.1, 0.15) is 15.9 Å². The Morgan fingerprint density at radius 3 is 2.22 bits per heavy atom. The Hall–Kier alpha value is -1.90. The first-order valence-electron chi connectivity index (χ1n) is 8.52. The first-order chi connectivity index (χ1) is 12.8. The molecule has 3 rings (SSSR count). The van der Waals surface area contributed by atoms with Gasteiger partial charge in [0.2, 0.25) is 10.0 Å². The molecule has 0 spiro atoms. The number of methoxy groups -OCH3 is 1. The molecular formula is C19H21BrN2O4S. The molecule has 0 unspecified atom stereocenters. The molecule has 27 heavy (non-hydrogen) atoms. The van der Waals surface area contributed by atoms with Gasteiger partial charge in [0.15, 0.2) is 0 Å². The van der Waals surface area contributed by atoms with E-state index in [1.165, 1.54) is 4.31 Å². The zero-order valence-electron chi connectivity index (χ0n) is 15.2. The molecule has 0 bridgehead atoms. The topological polar surface area (TPSA) is 66.9 Å². The maximum Gasteiger partial charge on any atom is 0.253 e. The van der Waals surface area contributed by atoms with E-state index in [1.807, 2.05) is 6.92 Å². The summed E-state index contributed by atoms with van der Waals surface area (Å²) < 4.78 is 33.1. The monoisotopic (exact) mass is 452 g/mol. The molecule has 1 saturated heterocycles. The van der Waals surface area contributed by atoms with E-state index in [-0.39, 0.29) is 23.9 Å². The number of nitrogens with zero attached hydrogens (tertiary/aromatic N) is 2. The number of rotatable bonds is 4. The highest BCUT2D eigenvalue weighted by Gasteiger charge is 2.30. The zero-order valence-corrected chi connectivity index (χ0v) is 17.6. The van der Waals surface area contributed by atoms with Crippen molar-refractivity contribution in [2.45, 2.75) is 11.8 Å². The minimum atomic E-state index is -3.57. The lowest BCUT2D eigenvalue weighted by Crippen LogP contribution is -2.50. The second kappa shape index (κ2) is 8.00. The van der Waals surface area contributed by atoms with Gasteiger partial charge in [-0.1, -0.05) is 15.9 Å². The van der Waals surface area contributed by atoms with Crippen molar-refractivity contribution in [1.82, 2.24) is 9.21 Å². The standard InChI is InChI=1S/C19H21BrN2O4S/c1-14-13-17(7-8-18(14)20)27(24,25)22-11-9-21(10-12-22)19(23)15-3-5-16(26-2)6-4-15/h3-8,13H,9-12H2,1-2H3. The number of halogens is 1. The predicted molar refractivity (Wildman–Crippen MR) is 107 cm³/mol. The molecule has 2 aromatic carbocycles. The molecule has 0 aromatic heterocycles. The quantitative estimate of drug-likeness (QED) is 0.714. The van der Waals surface area contributed by atoms with E-state index < -0.39 is 10.0 Å². The van der Waals surface area contributed by atoms with Crippen molar-refractivity contribution in [2.24, 2.45) is 0 Å². The molecule has 1 aliphatic rings. The van der Waals surface area contributed by atoms with Crippen molar-refractivity contribution in [3.63, 3.8) is 0 Å².